The average Bonchev–Trinajstić information content (AvgIpc) is 3.21. The van der Waals surface area contributed by atoms with Gasteiger partial charge in [-0.2, -0.15) is 0 Å². The van der Waals surface area contributed by atoms with Gasteiger partial charge >= 0.3 is 0 Å². The number of benzene rings is 2. The van der Waals surface area contributed by atoms with Crippen molar-refractivity contribution in [2.24, 2.45) is 0 Å². The summed E-state index contributed by atoms with van der Waals surface area (Å²) in [6.45, 7) is 5.00. The number of para-hydroxylation sites is 1. The van der Waals surface area contributed by atoms with Crippen LogP contribution in [0.2, 0.25) is 0 Å². The number of hydrogen-bond donors (Lipinski definition) is 1. The molecule has 2 amide bonds. The number of amides is 2. The molecule has 1 aliphatic rings. The van der Waals surface area contributed by atoms with Crippen molar-refractivity contribution in [2.75, 3.05) is 27.0 Å². The van der Waals surface area contributed by atoms with E-state index in [9.17, 15) is 9.59 Å². The van der Waals surface area contributed by atoms with Crippen molar-refractivity contribution in [3.8, 4) is 17.2 Å². The van der Waals surface area contributed by atoms with Crippen LogP contribution in [-0.2, 0) is 4.79 Å². The first-order chi connectivity index (χ1) is 14.1. The van der Waals surface area contributed by atoms with E-state index in [0.717, 1.165) is 0 Å². The van der Waals surface area contributed by atoms with Gasteiger partial charge in [-0.05, 0) is 49.8 Å². The van der Waals surface area contributed by atoms with Gasteiger partial charge in [0.1, 0.15) is 11.4 Å². The highest BCUT2D eigenvalue weighted by atomic mass is 16.7. The summed E-state index contributed by atoms with van der Waals surface area (Å²) in [5.41, 5.74) is 1.23. The smallest absolute Gasteiger partial charge is 0.270 e. The summed E-state index contributed by atoms with van der Waals surface area (Å²) in [6.07, 6.45) is 1.63. The molecule has 152 valence electrons. The summed E-state index contributed by atoms with van der Waals surface area (Å²) >= 11 is 0. The summed E-state index contributed by atoms with van der Waals surface area (Å²) in [6, 6.07) is 12.2. The van der Waals surface area contributed by atoms with Gasteiger partial charge in [-0.1, -0.05) is 18.2 Å². The fraction of sp³-hybridized carbons (Fsp3) is 0.273. The molecule has 0 saturated carbocycles. The number of carbonyl (C=O) groups is 2. The van der Waals surface area contributed by atoms with Crippen LogP contribution in [0.5, 0.6) is 17.2 Å². The lowest BCUT2D eigenvalue weighted by Gasteiger charge is -2.21. The third kappa shape index (κ3) is 4.51. The Labute approximate surface area is 169 Å². The van der Waals surface area contributed by atoms with E-state index in [2.05, 4.69) is 5.32 Å². The minimum absolute atomic E-state index is 0.165. The molecule has 7 heteroatoms. The summed E-state index contributed by atoms with van der Waals surface area (Å²) in [5.74, 6) is 0.995. The van der Waals surface area contributed by atoms with Gasteiger partial charge in [0.05, 0.1) is 12.7 Å². The number of rotatable bonds is 7. The molecular weight excluding hydrogens is 372 g/mol. The number of nitrogens with one attached hydrogen (secondary N) is 1. The fourth-order valence-corrected chi connectivity index (χ4v) is 3.02. The molecule has 1 N–H and O–H groups in total. The molecule has 0 fully saturated rings. The number of hydrogen-bond acceptors (Lipinski definition) is 5. The van der Waals surface area contributed by atoms with Crippen LogP contribution in [0.15, 0.2) is 48.2 Å². The van der Waals surface area contributed by atoms with Crippen LogP contribution in [0.3, 0.4) is 0 Å². The molecule has 3 rings (SSSR count). The van der Waals surface area contributed by atoms with Crippen molar-refractivity contribution in [3.63, 3.8) is 0 Å². The van der Waals surface area contributed by atoms with Crippen molar-refractivity contribution < 1.29 is 23.8 Å². The largest absolute Gasteiger partial charge is 0.496 e. The molecule has 0 saturated heterocycles. The lowest BCUT2D eigenvalue weighted by Crippen LogP contribution is -2.38. The Hall–Kier alpha value is -3.48. The zero-order valence-corrected chi connectivity index (χ0v) is 16.7. The van der Waals surface area contributed by atoms with E-state index in [1.165, 1.54) is 7.11 Å². The number of ether oxygens (including phenoxy) is 3. The van der Waals surface area contributed by atoms with Crippen molar-refractivity contribution >= 4 is 17.9 Å². The highest BCUT2D eigenvalue weighted by Crippen LogP contribution is 2.33. The molecule has 0 aliphatic carbocycles. The summed E-state index contributed by atoms with van der Waals surface area (Å²) in [4.78, 5) is 27.5. The van der Waals surface area contributed by atoms with E-state index in [1.54, 1.807) is 53.4 Å². The maximum Gasteiger partial charge on any atom is 0.270 e. The standard InChI is InChI=1S/C22H24N2O5/c1-4-24(5-2)22(26)17(12-15-10-11-19-20(13-15)29-14-28-19)23-21(25)16-8-6-7-9-18(16)27-3/h6-13H,4-5,14H2,1-3H3,(H,23,25). The molecule has 1 aliphatic heterocycles. The second-order valence-corrected chi connectivity index (χ2v) is 6.30. The van der Waals surface area contributed by atoms with E-state index in [-0.39, 0.29) is 18.4 Å². The molecule has 2 aromatic rings. The Morgan fingerprint density at radius 3 is 2.55 bits per heavy atom. The van der Waals surface area contributed by atoms with Crippen LogP contribution in [0.4, 0.5) is 0 Å². The Balaban J connectivity index is 1.94. The molecule has 0 atom stereocenters. The van der Waals surface area contributed by atoms with Gasteiger partial charge in [-0.25, -0.2) is 0 Å². The van der Waals surface area contributed by atoms with Gasteiger partial charge in [-0.15, -0.1) is 0 Å². The van der Waals surface area contributed by atoms with E-state index >= 15 is 0 Å². The number of nitrogens with zero attached hydrogens (tertiary/aromatic N) is 1. The minimum Gasteiger partial charge on any atom is -0.496 e. The summed E-state index contributed by atoms with van der Waals surface area (Å²) in [7, 11) is 1.50. The highest BCUT2D eigenvalue weighted by molar-refractivity contribution is 6.06. The lowest BCUT2D eigenvalue weighted by molar-refractivity contribution is -0.127. The zero-order chi connectivity index (χ0) is 20.8. The van der Waals surface area contributed by atoms with Crippen LogP contribution < -0.4 is 19.5 Å². The molecule has 0 radical (unpaired) electrons. The normalized spacial score (nSPS) is 12.4. The van der Waals surface area contributed by atoms with Crippen molar-refractivity contribution in [1.29, 1.82) is 0 Å². The predicted molar refractivity (Wildman–Crippen MR) is 109 cm³/mol. The molecule has 2 aromatic carbocycles. The molecule has 1 heterocycles. The van der Waals surface area contributed by atoms with E-state index in [1.807, 2.05) is 13.8 Å². The Morgan fingerprint density at radius 2 is 1.83 bits per heavy atom. The number of methoxy groups -OCH3 is 1. The topological polar surface area (TPSA) is 77.1 Å². The molecule has 29 heavy (non-hydrogen) atoms. The SMILES string of the molecule is CCN(CC)C(=O)C(=Cc1ccc2c(c1)OCO2)NC(=O)c1ccccc1OC. The third-order valence-corrected chi connectivity index (χ3v) is 4.59. The molecule has 0 aromatic heterocycles. The molecule has 0 spiro atoms. The van der Waals surface area contributed by atoms with Crippen LogP contribution in [0, 0.1) is 0 Å². The Bertz CT molecular complexity index is 935. The molecule has 0 unspecified atom stereocenters. The summed E-state index contributed by atoms with van der Waals surface area (Å²) in [5, 5.41) is 2.75. The van der Waals surface area contributed by atoms with Crippen molar-refractivity contribution in [1.82, 2.24) is 10.2 Å². The second kappa shape index (κ2) is 9.14. The maximum absolute atomic E-state index is 13.0. The number of fused-ring (bicyclic) bond motifs is 1. The molecule has 7 nitrogen and oxygen atoms in total. The minimum atomic E-state index is -0.421. The second-order valence-electron chi connectivity index (χ2n) is 6.30. The third-order valence-electron chi connectivity index (χ3n) is 4.59. The monoisotopic (exact) mass is 396 g/mol. The first-order valence-electron chi connectivity index (χ1n) is 9.42. The van der Waals surface area contributed by atoms with E-state index in [4.69, 9.17) is 14.2 Å². The van der Waals surface area contributed by atoms with Crippen LogP contribution in [0.1, 0.15) is 29.8 Å². The quantitative estimate of drug-likeness (QED) is 0.728. The summed E-state index contributed by atoms with van der Waals surface area (Å²) < 4.78 is 16.0. The van der Waals surface area contributed by atoms with E-state index in [0.29, 0.717) is 41.5 Å². The highest BCUT2D eigenvalue weighted by Gasteiger charge is 2.21. The van der Waals surface area contributed by atoms with Gasteiger partial charge in [0, 0.05) is 13.1 Å². The van der Waals surface area contributed by atoms with Gasteiger partial charge < -0.3 is 24.4 Å². The predicted octanol–water partition coefficient (Wildman–Crippen LogP) is 3.06. The Morgan fingerprint density at radius 1 is 1.10 bits per heavy atom. The Kier molecular flexibility index (Phi) is 6.39. The van der Waals surface area contributed by atoms with Gasteiger partial charge in [-0.3, -0.25) is 9.59 Å². The molecular formula is C22H24N2O5. The van der Waals surface area contributed by atoms with Gasteiger partial charge in [0.2, 0.25) is 6.79 Å². The van der Waals surface area contributed by atoms with Gasteiger partial charge in [0.15, 0.2) is 11.5 Å². The van der Waals surface area contributed by atoms with Crippen LogP contribution >= 0.6 is 0 Å². The number of carbonyl (C=O) groups excluding carboxylic acids is 2. The van der Waals surface area contributed by atoms with E-state index < -0.39 is 5.91 Å². The maximum atomic E-state index is 13.0. The van der Waals surface area contributed by atoms with Crippen LogP contribution in [-0.4, -0.2) is 43.7 Å². The average molecular weight is 396 g/mol. The zero-order valence-electron chi connectivity index (χ0n) is 16.7. The van der Waals surface area contributed by atoms with Crippen LogP contribution in [0.25, 0.3) is 6.08 Å². The van der Waals surface area contributed by atoms with Crippen molar-refractivity contribution in [2.45, 2.75) is 13.8 Å². The first-order valence-corrected chi connectivity index (χ1v) is 9.42. The fourth-order valence-electron chi connectivity index (χ4n) is 3.02. The number of likely N-dealkylation sites (N-methyl/N-ethyl adjacent to an activating group) is 1. The van der Waals surface area contributed by atoms with Gasteiger partial charge in [0.25, 0.3) is 11.8 Å². The lowest BCUT2D eigenvalue weighted by atomic mass is 10.1. The first kappa shape index (κ1) is 20.3. The molecule has 0 bridgehead atoms. The van der Waals surface area contributed by atoms with Crippen molar-refractivity contribution in [3.05, 3.63) is 59.3 Å².